The molecule has 0 fully saturated rings. The van der Waals surface area contributed by atoms with Gasteiger partial charge in [0.25, 0.3) is 0 Å². The van der Waals surface area contributed by atoms with Crippen molar-refractivity contribution in [3.05, 3.63) is 60.6 Å². The quantitative estimate of drug-likeness (QED) is 0.426. The monoisotopic (exact) mass is 347 g/mol. The summed E-state index contributed by atoms with van der Waals surface area (Å²) in [4.78, 5) is 34.3. The van der Waals surface area contributed by atoms with Crippen molar-refractivity contribution < 1.29 is 9.59 Å². The molecule has 130 valence electrons. The summed E-state index contributed by atoms with van der Waals surface area (Å²) in [7, 11) is 0. The van der Waals surface area contributed by atoms with Crippen molar-refractivity contribution in [2.45, 2.75) is 6.42 Å². The normalized spacial score (nSPS) is 10.9. The number of nitrogens with one attached hydrogen (secondary N) is 4. The van der Waals surface area contributed by atoms with Gasteiger partial charge in [0.05, 0.1) is 17.4 Å². The van der Waals surface area contributed by atoms with Crippen molar-refractivity contribution in [1.29, 1.82) is 0 Å². The molecule has 0 saturated carbocycles. The molecular weight excluding hydrogens is 330 g/mol. The standard InChI is InChI=1S/C19H17N5O2/c25-18(19(26)24-13-5-6-16-17(9-13)23-11-22-16)20-8-7-12-10-21-15-4-2-1-3-14(12)15/h1-6,9-11,21H,7-8H2,(H,20,25)(H,22,23)(H,24,26). The molecule has 0 saturated heterocycles. The average molecular weight is 347 g/mol. The average Bonchev–Trinajstić information content (AvgIpc) is 3.28. The molecule has 0 bridgehead atoms. The minimum Gasteiger partial charge on any atom is -0.361 e. The van der Waals surface area contributed by atoms with Crippen LogP contribution in [0.3, 0.4) is 0 Å². The fourth-order valence-electron chi connectivity index (χ4n) is 2.93. The molecule has 2 heterocycles. The van der Waals surface area contributed by atoms with E-state index in [9.17, 15) is 9.59 Å². The van der Waals surface area contributed by atoms with Crippen LogP contribution in [0, 0.1) is 0 Å². The Balaban J connectivity index is 1.33. The first kappa shape index (κ1) is 15.9. The number of hydrogen-bond acceptors (Lipinski definition) is 3. The number of nitrogens with zero attached hydrogens (tertiary/aromatic N) is 1. The Bertz CT molecular complexity index is 1100. The van der Waals surface area contributed by atoms with Crippen molar-refractivity contribution >= 4 is 39.4 Å². The molecule has 4 aromatic rings. The lowest BCUT2D eigenvalue weighted by Crippen LogP contribution is -2.36. The summed E-state index contributed by atoms with van der Waals surface area (Å²) in [5.74, 6) is -1.35. The number of amides is 2. The Kier molecular flexibility index (Phi) is 4.10. The minimum atomic E-state index is -0.692. The third-order valence-electron chi connectivity index (χ3n) is 4.24. The molecule has 0 radical (unpaired) electrons. The van der Waals surface area contributed by atoms with E-state index < -0.39 is 11.8 Å². The summed E-state index contributed by atoms with van der Waals surface area (Å²) < 4.78 is 0. The van der Waals surface area contributed by atoms with Gasteiger partial charge in [0.15, 0.2) is 0 Å². The number of carbonyl (C=O) groups is 2. The Morgan fingerprint density at radius 1 is 1.00 bits per heavy atom. The third-order valence-corrected chi connectivity index (χ3v) is 4.24. The van der Waals surface area contributed by atoms with E-state index in [2.05, 4.69) is 25.6 Å². The zero-order valence-corrected chi connectivity index (χ0v) is 13.9. The predicted octanol–water partition coefficient (Wildman–Crippen LogP) is 2.34. The Labute approximate surface area is 148 Å². The molecule has 26 heavy (non-hydrogen) atoms. The highest BCUT2D eigenvalue weighted by molar-refractivity contribution is 6.39. The molecule has 0 aliphatic carbocycles. The first-order valence-electron chi connectivity index (χ1n) is 8.28. The van der Waals surface area contributed by atoms with E-state index in [1.54, 1.807) is 24.5 Å². The number of aromatic amines is 2. The number of imidazole rings is 1. The maximum Gasteiger partial charge on any atom is 0.313 e. The fourth-order valence-corrected chi connectivity index (χ4v) is 2.93. The fraction of sp³-hybridized carbons (Fsp3) is 0.105. The summed E-state index contributed by atoms with van der Waals surface area (Å²) in [6.45, 7) is 0.383. The molecule has 7 nitrogen and oxygen atoms in total. The Hall–Kier alpha value is -3.61. The summed E-state index contributed by atoms with van der Waals surface area (Å²) >= 11 is 0. The summed E-state index contributed by atoms with van der Waals surface area (Å²) in [5.41, 5.74) is 4.29. The van der Waals surface area contributed by atoms with Crippen molar-refractivity contribution in [3.8, 4) is 0 Å². The van der Waals surface area contributed by atoms with Crippen LogP contribution < -0.4 is 10.6 Å². The highest BCUT2D eigenvalue weighted by Crippen LogP contribution is 2.18. The van der Waals surface area contributed by atoms with Crippen LogP contribution in [-0.4, -0.2) is 33.3 Å². The van der Waals surface area contributed by atoms with Crippen LogP contribution in [0.15, 0.2) is 55.0 Å². The van der Waals surface area contributed by atoms with Gasteiger partial charge in [0, 0.05) is 29.3 Å². The summed E-state index contributed by atoms with van der Waals surface area (Å²) in [6.07, 6.45) is 4.15. The number of benzene rings is 2. The van der Waals surface area contributed by atoms with E-state index >= 15 is 0 Å². The number of aromatic nitrogens is 3. The lowest BCUT2D eigenvalue weighted by Gasteiger charge is -2.06. The molecule has 0 aliphatic heterocycles. The highest BCUT2D eigenvalue weighted by atomic mass is 16.2. The lowest BCUT2D eigenvalue weighted by atomic mass is 10.1. The van der Waals surface area contributed by atoms with E-state index in [1.807, 2.05) is 30.5 Å². The van der Waals surface area contributed by atoms with Gasteiger partial charge in [0.2, 0.25) is 0 Å². The number of carbonyl (C=O) groups excluding carboxylic acids is 2. The van der Waals surface area contributed by atoms with E-state index in [0.717, 1.165) is 27.5 Å². The molecule has 7 heteroatoms. The number of hydrogen-bond donors (Lipinski definition) is 4. The first-order chi connectivity index (χ1) is 12.7. The van der Waals surface area contributed by atoms with Gasteiger partial charge in [-0.1, -0.05) is 18.2 Å². The van der Waals surface area contributed by atoms with Crippen molar-refractivity contribution in [1.82, 2.24) is 20.3 Å². The molecule has 2 aromatic heterocycles. The zero-order valence-electron chi connectivity index (χ0n) is 13.9. The van der Waals surface area contributed by atoms with Crippen LogP contribution in [0.25, 0.3) is 21.9 Å². The van der Waals surface area contributed by atoms with Gasteiger partial charge in [-0.2, -0.15) is 0 Å². The van der Waals surface area contributed by atoms with Gasteiger partial charge in [-0.25, -0.2) is 4.98 Å². The van der Waals surface area contributed by atoms with Gasteiger partial charge < -0.3 is 20.6 Å². The van der Waals surface area contributed by atoms with Crippen molar-refractivity contribution in [2.24, 2.45) is 0 Å². The smallest absolute Gasteiger partial charge is 0.313 e. The first-order valence-corrected chi connectivity index (χ1v) is 8.28. The second-order valence-corrected chi connectivity index (χ2v) is 5.95. The number of fused-ring (bicyclic) bond motifs is 2. The van der Waals surface area contributed by atoms with Crippen LogP contribution in [0.5, 0.6) is 0 Å². The van der Waals surface area contributed by atoms with Gasteiger partial charge >= 0.3 is 11.8 Å². The number of para-hydroxylation sites is 1. The molecular formula is C19H17N5O2. The SMILES string of the molecule is O=C(NCCc1c[nH]c2ccccc12)C(=O)Nc1ccc2nc[nH]c2c1. The van der Waals surface area contributed by atoms with E-state index in [0.29, 0.717) is 18.7 Å². The topological polar surface area (TPSA) is 103 Å². The van der Waals surface area contributed by atoms with Crippen LogP contribution in [0.1, 0.15) is 5.56 Å². The van der Waals surface area contributed by atoms with Gasteiger partial charge in [0.1, 0.15) is 0 Å². The minimum absolute atomic E-state index is 0.383. The maximum absolute atomic E-state index is 12.0. The number of H-pyrrole nitrogens is 2. The van der Waals surface area contributed by atoms with Crippen LogP contribution in [0.2, 0.25) is 0 Å². The number of anilines is 1. The molecule has 4 N–H and O–H groups in total. The molecule has 2 amide bonds. The van der Waals surface area contributed by atoms with Gasteiger partial charge in [-0.15, -0.1) is 0 Å². The maximum atomic E-state index is 12.0. The van der Waals surface area contributed by atoms with E-state index in [4.69, 9.17) is 0 Å². The largest absolute Gasteiger partial charge is 0.361 e. The second kappa shape index (κ2) is 6.72. The molecule has 0 aliphatic rings. The molecule has 4 rings (SSSR count). The lowest BCUT2D eigenvalue weighted by molar-refractivity contribution is -0.136. The van der Waals surface area contributed by atoms with Crippen molar-refractivity contribution in [3.63, 3.8) is 0 Å². The molecule has 0 atom stereocenters. The Morgan fingerprint density at radius 3 is 2.81 bits per heavy atom. The second-order valence-electron chi connectivity index (χ2n) is 5.95. The van der Waals surface area contributed by atoms with E-state index in [-0.39, 0.29) is 0 Å². The molecule has 0 spiro atoms. The van der Waals surface area contributed by atoms with Gasteiger partial charge in [-0.05, 0) is 36.2 Å². The van der Waals surface area contributed by atoms with Gasteiger partial charge in [-0.3, -0.25) is 9.59 Å². The third kappa shape index (κ3) is 3.14. The summed E-state index contributed by atoms with van der Waals surface area (Å²) in [5, 5.41) is 6.37. The predicted molar refractivity (Wildman–Crippen MR) is 99.7 cm³/mol. The van der Waals surface area contributed by atoms with Crippen LogP contribution in [0.4, 0.5) is 5.69 Å². The summed E-state index contributed by atoms with van der Waals surface area (Å²) in [6, 6.07) is 13.2. The van der Waals surface area contributed by atoms with Crippen LogP contribution in [-0.2, 0) is 16.0 Å². The van der Waals surface area contributed by atoms with Crippen molar-refractivity contribution in [2.75, 3.05) is 11.9 Å². The van der Waals surface area contributed by atoms with E-state index in [1.165, 1.54) is 0 Å². The zero-order chi connectivity index (χ0) is 17.9. The highest BCUT2D eigenvalue weighted by Gasteiger charge is 2.14. The Morgan fingerprint density at radius 2 is 1.88 bits per heavy atom. The number of rotatable bonds is 4. The molecule has 0 unspecified atom stereocenters. The van der Waals surface area contributed by atoms with Crippen LogP contribution >= 0.6 is 0 Å². The molecule has 2 aromatic carbocycles.